The van der Waals surface area contributed by atoms with Crippen molar-refractivity contribution in [1.82, 2.24) is 15.0 Å². The molecule has 3 heterocycles. The van der Waals surface area contributed by atoms with E-state index in [4.69, 9.17) is 4.74 Å². The molecule has 0 bridgehead atoms. The third-order valence-electron chi connectivity index (χ3n) is 3.06. The summed E-state index contributed by atoms with van der Waals surface area (Å²) in [6, 6.07) is 2.08. The second kappa shape index (κ2) is 7.44. The number of thiazole rings is 1. The zero-order valence-electron chi connectivity index (χ0n) is 12.2. The fourth-order valence-electron chi connectivity index (χ4n) is 2.02. The van der Waals surface area contributed by atoms with Gasteiger partial charge in [-0.3, -0.25) is 0 Å². The fraction of sp³-hybridized carbons (Fsp3) is 0.267. The summed E-state index contributed by atoms with van der Waals surface area (Å²) >= 11 is 3.24. The molecule has 0 aromatic carbocycles. The summed E-state index contributed by atoms with van der Waals surface area (Å²) in [7, 11) is 1.70. The molecule has 0 radical (unpaired) electrons. The van der Waals surface area contributed by atoms with Crippen LogP contribution in [0, 0.1) is 0 Å². The highest BCUT2D eigenvalue weighted by atomic mass is 32.1. The van der Waals surface area contributed by atoms with Crippen molar-refractivity contribution in [3.63, 3.8) is 0 Å². The Bertz CT molecular complexity index is 698. The topological polar surface area (TPSA) is 59.9 Å². The van der Waals surface area contributed by atoms with Crippen LogP contribution in [0.3, 0.4) is 0 Å². The lowest BCUT2D eigenvalue weighted by Gasteiger charge is -2.09. The number of thiophene rings is 1. The van der Waals surface area contributed by atoms with Crippen LogP contribution < -0.4 is 5.32 Å². The largest absolute Gasteiger partial charge is 0.385 e. The number of nitrogens with one attached hydrogen (secondary N) is 1. The van der Waals surface area contributed by atoms with Crippen LogP contribution in [0.5, 0.6) is 0 Å². The van der Waals surface area contributed by atoms with E-state index in [2.05, 4.69) is 37.1 Å². The van der Waals surface area contributed by atoms with Gasteiger partial charge in [-0.1, -0.05) is 0 Å². The molecule has 0 unspecified atom stereocenters. The molecule has 3 aromatic heterocycles. The minimum absolute atomic E-state index is 0.625. The van der Waals surface area contributed by atoms with Crippen LogP contribution in [0.25, 0.3) is 21.8 Å². The molecule has 22 heavy (non-hydrogen) atoms. The first-order valence-corrected chi connectivity index (χ1v) is 8.73. The number of hydrogen-bond donors (Lipinski definition) is 1. The monoisotopic (exact) mass is 332 g/mol. The first kappa shape index (κ1) is 15.1. The van der Waals surface area contributed by atoms with Gasteiger partial charge in [-0.2, -0.15) is 11.3 Å². The van der Waals surface area contributed by atoms with Crippen LogP contribution >= 0.6 is 22.7 Å². The summed E-state index contributed by atoms with van der Waals surface area (Å²) in [4.78, 5) is 13.5. The SMILES string of the molecule is COCCCNc1ncc(-c2ccsc2)c(-c2nccs2)n1. The third-order valence-corrected chi connectivity index (χ3v) is 4.53. The van der Waals surface area contributed by atoms with Crippen molar-refractivity contribution in [1.29, 1.82) is 0 Å². The first-order valence-electron chi connectivity index (χ1n) is 6.91. The van der Waals surface area contributed by atoms with Gasteiger partial charge in [0.25, 0.3) is 0 Å². The van der Waals surface area contributed by atoms with Gasteiger partial charge in [0.15, 0.2) is 0 Å². The average molecular weight is 332 g/mol. The summed E-state index contributed by atoms with van der Waals surface area (Å²) in [6.07, 6.45) is 4.58. The van der Waals surface area contributed by atoms with E-state index in [1.54, 1.807) is 36.0 Å². The van der Waals surface area contributed by atoms with E-state index in [1.165, 1.54) is 0 Å². The lowest BCUT2D eigenvalue weighted by molar-refractivity contribution is 0.197. The Morgan fingerprint density at radius 3 is 2.95 bits per heavy atom. The molecule has 5 nitrogen and oxygen atoms in total. The van der Waals surface area contributed by atoms with Gasteiger partial charge in [0.05, 0.1) is 0 Å². The summed E-state index contributed by atoms with van der Waals surface area (Å²) in [5.41, 5.74) is 3.01. The van der Waals surface area contributed by atoms with Crippen molar-refractivity contribution in [2.24, 2.45) is 0 Å². The van der Waals surface area contributed by atoms with Crippen molar-refractivity contribution < 1.29 is 4.74 Å². The van der Waals surface area contributed by atoms with Crippen molar-refractivity contribution in [3.8, 4) is 21.8 Å². The van der Waals surface area contributed by atoms with Crippen LogP contribution in [-0.2, 0) is 4.74 Å². The summed E-state index contributed by atoms with van der Waals surface area (Å²) in [5, 5.41) is 10.2. The van der Waals surface area contributed by atoms with Gasteiger partial charge in [-0.25, -0.2) is 15.0 Å². The minimum atomic E-state index is 0.625. The van der Waals surface area contributed by atoms with E-state index < -0.39 is 0 Å². The molecule has 0 aliphatic heterocycles. The number of aromatic nitrogens is 3. The van der Waals surface area contributed by atoms with E-state index in [0.717, 1.165) is 41.4 Å². The number of nitrogens with zero attached hydrogens (tertiary/aromatic N) is 3. The molecule has 0 aliphatic rings. The molecule has 0 fully saturated rings. The Kier molecular flexibility index (Phi) is 5.10. The number of methoxy groups -OCH3 is 1. The summed E-state index contributed by atoms with van der Waals surface area (Å²) in [5.74, 6) is 0.625. The van der Waals surface area contributed by atoms with Crippen molar-refractivity contribution in [3.05, 3.63) is 34.6 Å². The zero-order chi connectivity index (χ0) is 15.2. The Labute approximate surface area is 137 Å². The molecule has 0 saturated heterocycles. The summed E-state index contributed by atoms with van der Waals surface area (Å²) in [6.45, 7) is 1.50. The van der Waals surface area contributed by atoms with Crippen LogP contribution in [-0.4, -0.2) is 35.2 Å². The van der Waals surface area contributed by atoms with Crippen LogP contribution in [0.4, 0.5) is 5.95 Å². The highest BCUT2D eigenvalue weighted by molar-refractivity contribution is 7.13. The van der Waals surface area contributed by atoms with Gasteiger partial charge in [-0.05, 0) is 28.8 Å². The van der Waals surface area contributed by atoms with Crippen molar-refractivity contribution in [2.75, 3.05) is 25.6 Å². The molecular formula is C15H16N4OS2. The van der Waals surface area contributed by atoms with E-state index in [-0.39, 0.29) is 0 Å². The standard InChI is InChI=1S/C15H16N4OS2/c1-20-6-2-4-17-15-18-9-12(11-3-7-21-10-11)13(19-15)14-16-5-8-22-14/h3,5,7-10H,2,4,6H2,1H3,(H,17,18,19). The molecular weight excluding hydrogens is 316 g/mol. The lowest BCUT2D eigenvalue weighted by atomic mass is 10.1. The smallest absolute Gasteiger partial charge is 0.223 e. The maximum atomic E-state index is 5.04. The van der Waals surface area contributed by atoms with E-state index in [0.29, 0.717) is 5.95 Å². The van der Waals surface area contributed by atoms with Crippen LogP contribution in [0.15, 0.2) is 34.6 Å². The van der Waals surface area contributed by atoms with Gasteiger partial charge >= 0.3 is 0 Å². The van der Waals surface area contributed by atoms with Gasteiger partial charge in [-0.15, -0.1) is 11.3 Å². The Balaban J connectivity index is 1.88. The molecule has 3 rings (SSSR count). The second-order valence-electron chi connectivity index (χ2n) is 4.58. The highest BCUT2D eigenvalue weighted by Gasteiger charge is 2.13. The lowest BCUT2D eigenvalue weighted by Crippen LogP contribution is -2.08. The van der Waals surface area contributed by atoms with Crippen LogP contribution in [0.1, 0.15) is 6.42 Å². The molecule has 0 atom stereocenters. The van der Waals surface area contributed by atoms with Gasteiger partial charge in [0, 0.05) is 43.6 Å². The van der Waals surface area contributed by atoms with Crippen LogP contribution in [0.2, 0.25) is 0 Å². The summed E-state index contributed by atoms with van der Waals surface area (Å²) < 4.78 is 5.04. The van der Waals surface area contributed by atoms with Gasteiger partial charge in [0.1, 0.15) is 10.7 Å². The third kappa shape index (κ3) is 3.49. The van der Waals surface area contributed by atoms with E-state index in [1.807, 2.05) is 11.6 Å². The predicted molar refractivity (Wildman–Crippen MR) is 91.4 cm³/mol. The Hall–Kier alpha value is -1.83. The molecule has 3 aromatic rings. The van der Waals surface area contributed by atoms with Crippen molar-refractivity contribution in [2.45, 2.75) is 6.42 Å². The maximum absolute atomic E-state index is 5.04. The second-order valence-corrected chi connectivity index (χ2v) is 6.25. The molecule has 0 spiro atoms. The minimum Gasteiger partial charge on any atom is -0.385 e. The van der Waals surface area contributed by atoms with Gasteiger partial charge < -0.3 is 10.1 Å². The zero-order valence-corrected chi connectivity index (χ0v) is 13.8. The van der Waals surface area contributed by atoms with E-state index >= 15 is 0 Å². The number of anilines is 1. The highest BCUT2D eigenvalue weighted by Crippen LogP contribution is 2.32. The van der Waals surface area contributed by atoms with E-state index in [9.17, 15) is 0 Å². The quantitative estimate of drug-likeness (QED) is 0.667. The fourth-order valence-corrected chi connectivity index (χ4v) is 3.31. The average Bonchev–Trinajstić information content (AvgIpc) is 3.24. The van der Waals surface area contributed by atoms with Gasteiger partial charge in [0.2, 0.25) is 5.95 Å². The molecule has 0 amide bonds. The molecule has 0 saturated carbocycles. The number of hydrogen-bond acceptors (Lipinski definition) is 7. The molecule has 7 heteroatoms. The Morgan fingerprint density at radius 2 is 2.23 bits per heavy atom. The Morgan fingerprint density at radius 1 is 1.27 bits per heavy atom. The predicted octanol–water partition coefficient (Wildman–Crippen LogP) is 3.78. The molecule has 1 N–H and O–H groups in total. The van der Waals surface area contributed by atoms with Crippen molar-refractivity contribution >= 4 is 28.6 Å². The number of ether oxygens (including phenoxy) is 1. The number of rotatable bonds is 7. The normalized spacial score (nSPS) is 10.8. The molecule has 114 valence electrons. The first-order chi connectivity index (χ1) is 10.9. The maximum Gasteiger partial charge on any atom is 0.223 e. The molecule has 0 aliphatic carbocycles.